The van der Waals surface area contributed by atoms with Crippen molar-refractivity contribution in [2.45, 2.75) is 33.2 Å². The maximum Gasteiger partial charge on any atom is 0.255 e. The molecule has 6 nitrogen and oxygen atoms in total. The van der Waals surface area contributed by atoms with Crippen LogP contribution in [0, 0.1) is 19.8 Å². The quantitative estimate of drug-likeness (QED) is 0.663. The topological polar surface area (TPSA) is 67.2 Å². The smallest absolute Gasteiger partial charge is 0.255 e. The molecule has 0 bridgehead atoms. The number of aryl methyl sites for hydroxylation is 1. The largest absolute Gasteiger partial charge is 0.343 e. The van der Waals surface area contributed by atoms with Gasteiger partial charge in [0.2, 0.25) is 5.91 Å². The monoisotopic (exact) mass is 428 g/mol. The summed E-state index contributed by atoms with van der Waals surface area (Å²) in [5.41, 5.74) is 2.80. The highest BCUT2D eigenvalue weighted by molar-refractivity contribution is 7.13. The molecule has 3 aromatic heterocycles. The lowest BCUT2D eigenvalue weighted by atomic mass is 9.96. The van der Waals surface area contributed by atoms with Crippen LogP contribution in [0.2, 0.25) is 0 Å². The second-order valence-corrected chi connectivity index (χ2v) is 9.29. The van der Waals surface area contributed by atoms with Gasteiger partial charge in [0.15, 0.2) is 5.13 Å². The highest BCUT2D eigenvalue weighted by Gasteiger charge is 2.30. The Morgan fingerprint density at radius 2 is 2.14 bits per heavy atom. The molecule has 0 aromatic carbocycles. The van der Waals surface area contributed by atoms with Gasteiger partial charge in [-0.25, -0.2) is 4.98 Å². The molecule has 8 heteroatoms. The number of thiazole rings is 1. The van der Waals surface area contributed by atoms with Crippen molar-refractivity contribution in [2.24, 2.45) is 5.92 Å². The number of nitrogens with zero attached hydrogens (tertiary/aromatic N) is 3. The molecule has 1 unspecified atom stereocenters. The van der Waals surface area contributed by atoms with Crippen LogP contribution in [0.5, 0.6) is 0 Å². The van der Waals surface area contributed by atoms with Crippen LogP contribution in [0.3, 0.4) is 0 Å². The second-order valence-electron chi connectivity index (χ2n) is 7.37. The predicted molar refractivity (Wildman–Crippen MR) is 117 cm³/mol. The van der Waals surface area contributed by atoms with Crippen LogP contribution in [0.25, 0.3) is 0 Å². The number of likely N-dealkylation sites (tertiary alicyclic amines) is 1. The van der Waals surface area contributed by atoms with Gasteiger partial charge in [0, 0.05) is 40.9 Å². The number of thiophene rings is 1. The fourth-order valence-corrected chi connectivity index (χ4v) is 5.08. The van der Waals surface area contributed by atoms with Gasteiger partial charge in [0.1, 0.15) is 0 Å². The summed E-state index contributed by atoms with van der Waals surface area (Å²) in [7, 11) is 0. The molecule has 0 radical (unpaired) electrons. The number of hydrogen-bond donors (Lipinski definition) is 1. The standard InChI is InChI=1S/C21H24N4O2S2/c1-14-11-18(15(2)25(14)13-17-6-4-9-28-17)20(27)24-8-3-5-16(12-24)19(26)23-21-22-7-10-29-21/h4,6-7,9-11,16H,3,5,8,12-13H2,1-2H3,(H,22,23,26). The highest BCUT2D eigenvalue weighted by Crippen LogP contribution is 2.24. The lowest BCUT2D eigenvalue weighted by Crippen LogP contribution is -2.43. The van der Waals surface area contributed by atoms with Gasteiger partial charge in [0.25, 0.3) is 5.91 Å². The predicted octanol–water partition coefficient (Wildman–Crippen LogP) is 4.16. The van der Waals surface area contributed by atoms with E-state index >= 15 is 0 Å². The number of anilines is 1. The van der Waals surface area contributed by atoms with Crippen LogP contribution in [0.4, 0.5) is 5.13 Å². The Kier molecular flexibility index (Phi) is 5.82. The van der Waals surface area contributed by atoms with Crippen molar-refractivity contribution < 1.29 is 9.59 Å². The number of aromatic nitrogens is 2. The molecule has 4 heterocycles. The number of carbonyl (C=O) groups excluding carboxylic acids is 2. The lowest BCUT2D eigenvalue weighted by Gasteiger charge is -2.32. The van der Waals surface area contributed by atoms with E-state index in [0.717, 1.165) is 36.3 Å². The van der Waals surface area contributed by atoms with Gasteiger partial charge < -0.3 is 14.8 Å². The van der Waals surface area contributed by atoms with Crippen molar-refractivity contribution >= 4 is 39.6 Å². The minimum atomic E-state index is -0.203. The van der Waals surface area contributed by atoms with Crippen LogP contribution in [0.1, 0.15) is 39.5 Å². The van der Waals surface area contributed by atoms with Crippen molar-refractivity contribution in [1.29, 1.82) is 0 Å². The molecule has 1 N–H and O–H groups in total. The van der Waals surface area contributed by atoms with Crippen molar-refractivity contribution in [2.75, 3.05) is 18.4 Å². The third kappa shape index (κ3) is 4.28. The molecule has 3 aromatic rings. The molecule has 0 saturated carbocycles. The van der Waals surface area contributed by atoms with Gasteiger partial charge in [-0.1, -0.05) is 6.07 Å². The summed E-state index contributed by atoms with van der Waals surface area (Å²) in [6.07, 6.45) is 3.29. The molecule has 2 amide bonds. The van der Waals surface area contributed by atoms with Crippen LogP contribution in [-0.4, -0.2) is 39.4 Å². The number of amides is 2. The van der Waals surface area contributed by atoms with Crippen molar-refractivity contribution in [1.82, 2.24) is 14.5 Å². The van der Waals surface area contributed by atoms with Gasteiger partial charge in [-0.2, -0.15) is 0 Å². The third-order valence-corrected chi connectivity index (χ3v) is 6.99. The average Bonchev–Trinajstić information content (AvgIpc) is 3.47. The molecule has 1 saturated heterocycles. The maximum absolute atomic E-state index is 13.2. The highest BCUT2D eigenvalue weighted by atomic mass is 32.1. The first kappa shape index (κ1) is 19.8. The molecule has 1 aliphatic heterocycles. The summed E-state index contributed by atoms with van der Waals surface area (Å²) in [5.74, 6) is -0.242. The van der Waals surface area contributed by atoms with Gasteiger partial charge in [0.05, 0.1) is 18.0 Å². The van der Waals surface area contributed by atoms with Gasteiger partial charge in [-0.05, 0) is 44.2 Å². The molecular formula is C21H24N4O2S2. The molecule has 1 aliphatic rings. The van der Waals surface area contributed by atoms with Crippen LogP contribution in [-0.2, 0) is 11.3 Å². The summed E-state index contributed by atoms with van der Waals surface area (Å²) in [5, 5.41) is 7.38. The van der Waals surface area contributed by atoms with Gasteiger partial charge >= 0.3 is 0 Å². The summed E-state index contributed by atoms with van der Waals surface area (Å²) in [6, 6.07) is 6.14. The first-order valence-corrected chi connectivity index (χ1v) is 11.5. The van der Waals surface area contributed by atoms with E-state index in [1.807, 2.05) is 36.3 Å². The number of carbonyl (C=O) groups is 2. The van der Waals surface area contributed by atoms with E-state index in [0.29, 0.717) is 18.2 Å². The molecule has 152 valence electrons. The summed E-state index contributed by atoms with van der Waals surface area (Å²) < 4.78 is 2.19. The number of rotatable bonds is 5. The molecule has 1 fully saturated rings. The maximum atomic E-state index is 13.2. The molecule has 0 spiro atoms. The Morgan fingerprint density at radius 3 is 2.86 bits per heavy atom. The summed E-state index contributed by atoms with van der Waals surface area (Å²) in [4.78, 5) is 33.0. The Hall–Kier alpha value is -2.45. The third-order valence-electron chi connectivity index (χ3n) is 5.44. The van der Waals surface area contributed by atoms with E-state index in [9.17, 15) is 9.59 Å². The molecule has 4 rings (SSSR count). The first-order chi connectivity index (χ1) is 14.0. The Bertz CT molecular complexity index is 992. The van der Waals surface area contributed by atoms with E-state index in [2.05, 4.69) is 26.3 Å². The first-order valence-electron chi connectivity index (χ1n) is 9.71. The average molecular weight is 429 g/mol. The zero-order valence-electron chi connectivity index (χ0n) is 16.6. The summed E-state index contributed by atoms with van der Waals surface area (Å²) in [6.45, 7) is 5.96. The van der Waals surface area contributed by atoms with E-state index < -0.39 is 0 Å². The van der Waals surface area contributed by atoms with E-state index in [1.54, 1.807) is 17.5 Å². The minimum Gasteiger partial charge on any atom is -0.343 e. The summed E-state index contributed by atoms with van der Waals surface area (Å²) >= 11 is 3.12. The van der Waals surface area contributed by atoms with Crippen LogP contribution < -0.4 is 5.32 Å². The van der Waals surface area contributed by atoms with Crippen LogP contribution in [0.15, 0.2) is 35.2 Å². The van der Waals surface area contributed by atoms with Crippen molar-refractivity contribution in [3.05, 3.63) is 57.0 Å². The molecule has 29 heavy (non-hydrogen) atoms. The van der Waals surface area contributed by atoms with Gasteiger partial charge in [-0.3, -0.25) is 9.59 Å². The Morgan fingerprint density at radius 1 is 1.28 bits per heavy atom. The molecule has 1 atom stereocenters. The zero-order chi connectivity index (χ0) is 20.4. The Labute approximate surface area is 178 Å². The molecule has 0 aliphatic carbocycles. The van der Waals surface area contributed by atoms with E-state index in [1.165, 1.54) is 16.2 Å². The second kappa shape index (κ2) is 8.51. The Balaban J connectivity index is 1.47. The van der Waals surface area contributed by atoms with Crippen molar-refractivity contribution in [3.8, 4) is 0 Å². The van der Waals surface area contributed by atoms with Crippen LogP contribution >= 0.6 is 22.7 Å². The molecular weight excluding hydrogens is 404 g/mol. The normalized spacial score (nSPS) is 16.8. The van der Waals surface area contributed by atoms with Gasteiger partial charge in [-0.15, -0.1) is 22.7 Å². The fraction of sp³-hybridized carbons (Fsp3) is 0.381. The van der Waals surface area contributed by atoms with E-state index in [4.69, 9.17) is 0 Å². The lowest BCUT2D eigenvalue weighted by molar-refractivity contribution is -0.121. The number of piperidine rings is 1. The minimum absolute atomic E-state index is 0.0160. The zero-order valence-corrected chi connectivity index (χ0v) is 18.2. The number of nitrogens with one attached hydrogen (secondary N) is 1. The SMILES string of the molecule is Cc1cc(C(=O)N2CCCC(C(=O)Nc3nccs3)C2)c(C)n1Cc1cccs1. The van der Waals surface area contributed by atoms with Crippen molar-refractivity contribution in [3.63, 3.8) is 0 Å². The van der Waals surface area contributed by atoms with E-state index in [-0.39, 0.29) is 17.7 Å². The fourth-order valence-electron chi connectivity index (χ4n) is 3.86. The number of hydrogen-bond acceptors (Lipinski definition) is 5.